The van der Waals surface area contributed by atoms with Crippen LogP contribution in [0.1, 0.15) is 19.3 Å². The lowest BCUT2D eigenvalue weighted by atomic mass is 9.81. The molecule has 1 aromatic carbocycles. The summed E-state index contributed by atoms with van der Waals surface area (Å²) < 4.78 is 29.2. The average molecular weight is 391 g/mol. The Bertz CT molecular complexity index is 676. The maximum Gasteiger partial charge on any atom is 0.387 e. The summed E-state index contributed by atoms with van der Waals surface area (Å²) in [7, 11) is 0. The number of ether oxygens (including phenoxy) is 1. The third-order valence-corrected chi connectivity index (χ3v) is 5.11. The van der Waals surface area contributed by atoms with Crippen molar-refractivity contribution in [2.24, 2.45) is 11.3 Å². The van der Waals surface area contributed by atoms with E-state index in [0.717, 1.165) is 12.8 Å². The second-order valence-corrected chi connectivity index (χ2v) is 6.64. The number of benzene rings is 1. The largest absolute Gasteiger partial charge is 0.481 e. The van der Waals surface area contributed by atoms with Crippen LogP contribution >= 0.6 is 12.4 Å². The molecule has 9 heteroatoms. The van der Waals surface area contributed by atoms with E-state index in [2.05, 4.69) is 10.1 Å². The van der Waals surface area contributed by atoms with Crippen LogP contribution in [-0.4, -0.2) is 48.1 Å². The Morgan fingerprint density at radius 1 is 1.38 bits per heavy atom. The number of carbonyl (C=O) groups excluding carboxylic acids is 1. The van der Waals surface area contributed by atoms with E-state index in [1.807, 2.05) is 4.90 Å². The molecule has 2 aliphatic rings. The third kappa shape index (κ3) is 4.07. The molecule has 0 bridgehead atoms. The van der Waals surface area contributed by atoms with Crippen LogP contribution < -0.4 is 10.1 Å². The maximum atomic E-state index is 12.4. The van der Waals surface area contributed by atoms with Gasteiger partial charge < -0.3 is 15.2 Å². The number of alkyl halides is 2. The Balaban J connectivity index is 0.00000243. The zero-order valence-electron chi connectivity index (χ0n) is 14.0. The normalized spacial score (nSPS) is 24.8. The zero-order chi connectivity index (χ0) is 18.0. The van der Waals surface area contributed by atoms with E-state index in [1.165, 1.54) is 18.2 Å². The number of para-hydroxylation sites is 2. The quantitative estimate of drug-likeness (QED) is 0.780. The molecule has 1 amide bonds. The van der Waals surface area contributed by atoms with Gasteiger partial charge in [-0.1, -0.05) is 18.6 Å². The van der Waals surface area contributed by atoms with Crippen molar-refractivity contribution in [2.45, 2.75) is 25.9 Å². The van der Waals surface area contributed by atoms with Gasteiger partial charge in [0.1, 0.15) is 5.75 Å². The van der Waals surface area contributed by atoms with E-state index in [1.54, 1.807) is 6.07 Å². The van der Waals surface area contributed by atoms with Crippen molar-refractivity contribution in [3.8, 4) is 5.75 Å². The molecule has 0 radical (unpaired) electrons. The number of carboxylic acids is 1. The lowest BCUT2D eigenvalue weighted by Gasteiger charge is -2.23. The number of carbonyl (C=O) groups is 2. The van der Waals surface area contributed by atoms with Gasteiger partial charge >= 0.3 is 12.6 Å². The van der Waals surface area contributed by atoms with Crippen LogP contribution in [0, 0.1) is 11.3 Å². The first kappa shape index (κ1) is 20.4. The van der Waals surface area contributed by atoms with Gasteiger partial charge in [-0.15, -0.1) is 12.4 Å². The molecular formula is C17H21ClF2N2O4. The number of rotatable bonds is 6. The Kier molecular flexibility index (Phi) is 6.41. The highest BCUT2D eigenvalue weighted by Gasteiger charge is 2.54. The minimum atomic E-state index is -2.98. The lowest BCUT2D eigenvalue weighted by Crippen LogP contribution is -2.37. The van der Waals surface area contributed by atoms with Gasteiger partial charge in [-0.25, -0.2) is 0 Å². The number of aliphatic carboxylic acids is 1. The third-order valence-electron chi connectivity index (χ3n) is 5.11. The Morgan fingerprint density at radius 3 is 2.77 bits per heavy atom. The van der Waals surface area contributed by atoms with Crippen LogP contribution in [0.4, 0.5) is 14.5 Å². The number of hydrogen-bond acceptors (Lipinski definition) is 4. The van der Waals surface area contributed by atoms with Crippen molar-refractivity contribution in [3.63, 3.8) is 0 Å². The molecule has 1 saturated heterocycles. The van der Waals surface area contributed by atoms with Gasteiger partial charge in [-0.3, -0.25) is 14.5 Å². The maximum absolute atomic E-state index is 12.4. The number of nitrogens with zero attached hydrogens (tertiary/aromatic N) is 1. The van der Waals surface area contributed by atoms with Crippen molar-refractivity contribution < 1.29 is 28.2 Å². The molecule has 0 spiro atoms. The highest BCUT2D eigenvalue weighted by Crippen LogP contribution is 2.48. The molecule has 1 saturated carbocycles. The second-order valence-electron chi connectivity index (χ2n) is 6.64. The first-order valence-corrected chi connectivity index (χ1v) is 8.20. The number of nitrogens with one attached hydrogen (secondary N) is 1. The minimum Gasteiger partial charge on any atom is -0.481 e. The van der Waals surface area contributed by atoms with E-state index < -0.39 is 18.0 Å². The van der Waals surface area contributed by atoms with Crippen molar-refractivity contribution in [1.82, 2.24) is 4.90 Å². The second kappa shape index (κ2) is 8.18. The van der Waals surface area contributed by atoms with Crippen LogP contribution in [0.25, 0.3) is 0 Å². The highest BCUT2D eigenvalue weighted by atomic mass is 35.5. The van der Waals surface area contributed by atoms with E-state index in [9.17, 15) is 23.5 Å². The molecule has 3 rings (SSSR count). The summed E-state index contributed by atoms with van der Waals surface area (Å²) in [4.78, 5) is 25.7. The Morgan fingerprint density at radius 2 is 2.12 bits per heavy atom. The van der Waals surface area contributed by atoms with E-state index in [4.69, 9.17) is 0 Å². The van der Waals surface area contributed by atoms with E-state index in [0.29, 0.717) is 19.5 Å². The topological polar surface area (TPSA) is 78.9 Å². The fraction of sp³-hybridized carbons (Fsp3) is 0.529. The van der Waals surface area contributed by atoms with Crippen LogP contribution in [0.15, 0.2) is 24.3 Å². The molecule has 2 atom stereocenters. The smallest absolute Gasteiger partial charge is 0.387 e. The predicted molar refractivity (Wildman–Crippen MR) is 92.8 cm³/mol. The predicted octanol–water partition coefficient (Wildman–Crippen LogP) is 2.84. The summed E-state index contributed by atoms with van der Waals surface area (Å²) in [5.74, 6) is -1.22. The van der Waals surface area contributed by atoms with Crippen molar-refractivity contribution in [1.29, 1.82) is 0 Å². The first-order chi connectivity index (χ1) is 11.9. The fourth-order valence-corrected chi connectivity index (χ4v) is 4.02. The van der Waals surface area contributed by atoms with Crippen LogP contribution in [0.2, 0.25) is 0 Å². The number of carboxylic acid groups (broad SMARTS) is 1. The number of amides is 1. The van der Waals surface area contributed by atoms with E-state index >= 15 is 0 Å². The number of halogens is 3. The molecule has 1 heterocycles. The van der Waals surface area contributed by atoms with Crippen LogP contribution in [0.3, 0.4) is 0 Å². The van der Waals surface area contributed by atoms with Gasteiger partial charge in [0.15, 0.2) is 0 Å². The molecule has 144 valence electrons. The summed E-state index contributed by atoms with van der Waals surface area (Å²) in [6, 6.07) is 5.97. The first-order valence-electron chi connectivity index (χ1n) is 8.20. The Hall–Kier alpha value is -1.93. The standard InChI is InChI=1S/C17H20F2N2O4.ClH/c18-16(19)25-13-6-2-1-5-12(13)20-14(22)9-21-8-11-4-3-7-17(11,10-21)15(23)24;/h1-2,5-6,11,16H,3-4,7-10H2,(H,20,22)(H,23,24);1H/t11-,17+;/m0./s1. The van der Waals surface area contributed by atoms with Crippen molar-refractivity contribution in [3.05, 3.63) is 24.3 Å². The molecule has 2 fully saturated rings. The van der Waals surface area contributed by atoms with Crippen molar-refractivity contribution in [2.75, 3.05) is 25.0 Å². The molecule has 6 nitrogen and oxygen atoms in total. The highest BCUT2D eigenvalue weighted by molar-refractivity contribution is 5.93. The number of hydrogen-bond donors (Lipinski definition) is 2. The summed E-state index contributed by atoms with van der Waals surface area (Å²) >= 11 is 0. The van der Waals surface area contributed by atoms with Gasteiger partial charge in [-0.05, 0) is 30.9 Å². The van der Waals surface area contributed by atoms with Gasteiger partial charge in [0.05, 0.1) is 17.6 Å². The molecule has 1 aliphatic heterocycles. The molecule has 1 aliphatic carbocycles. The zero-order valence-corrected chi connectivity index (χ0v) is 14.8. The SMILES string of the molecule is Cl.O=C(CN1C[C@@H]2CCC[C@@]2(C(=O)O)C1)Nc1ccccc1OC(F)F. The van der Waals surface area contributed by atoms with Crippen molar-refractivity contribution >= 4 is 30.0 Å². The summed E-state index contributed by atoms with van der Waals surface area (Å²) in [6.45, 7) is -2.05. The van der Waals surface area contributed by atoms with Gasteiger partial charge in [0.25, 0.3) is 0 Å². The Labute approximate surface area is 155 Å². The summed E-state index contributed by atoms with van der Waals surface area (Å²) in [5, 5.41) is 12.1. The van der Waals surface area contributed by atoms with Gasteiger partial charge in [0, 0.05) is 13.1 Å². The molecule has 0 unspecified atom stereocenters. The molecule has 0 aromatic heterocycles. The molecular weight excluding hydrogens is 370 g/mol. The fourth-order valence-electron chi connectivity index (χ4n) is 4.02. The number of likely N-dealkylation sites (tertiary alicyclic amines) is 1. The van der Waals surface area contributed by atoms with Gasteiger partial charge in [0.2, 0.25) is 5.91 Å². The average Bonchev–Trinajstić information content (AvgIpc) is 3.06. The molecule has 2 N–H and O–H groups in total. The molecule has 26 heavy (non-hydrogen) atoms. The number of anilines is 1. The summed E-state index contributed by atoms with van der Waals surface area (Å²) in [5.41, 5.74) is -0.586. The van der Waals surface area contributed by atoms with Crippen LogP contribution in [-0.2, 0) is 9.59 Å². The number of fused-ring (bicyclic) bond motifs is 1. The summed E-state index contributed by atoms with van der Waals surface area (Å²) in [6.07, 6.45) is 2.39. The van der Waals surface area contributed by atoms with Gasteiger partial charge in [-0.2, -0.15) is 8.78 Å². The van der Waals surface area contributed by atoms with E-state index in [-0.39, 0.29) is 42.2 Å². The van der Waals surface area contributed by atoms with Crippen LogP contribution in [0.5, 0.6) is 5.75 Å². The monoisotopic (exact) mass is 390 g/mol. The minimum absolute atomic E-state index is 0. The lowest BCUT2D eigenvalue weighted by molar-refractivity contribution is -0.149. The molecule has 1 aromatic rings.